The van der Waals surface area contributed by atoms with Gasteiger partial charge in [-0.2, -0.15) is 5.06 Å². The fourth-order valence-corrected chi connectivity index (χ4v) is 4.81. The largest absolute Gasteiger partial charge is 0.468 e. The molecular weight excluding hydrogens is 340 g/mol. The quantitative estimate of drug-likeness (QED) is 0.686. The van der Waals surface area contributed by atoms with Crippen LogP contribution in [0.3, 0.4) is 0 Å². The van der Waals surface area contributed by atoms with Crippen LogP contribution in [0, 0.1) is 20.8 Å². The number of piperidine rings is 1. The topological polar surface area (TPSA) is 42.0 Å². The standard InChI is InChI=1S/C22H34N2O3/c1-16-14-17(2)20(18(3)15-16)8-11-24(19-6-7-19)22(21(25)26-4)9-12-23(27-5)13-10-22/h14-15,19H,6-13H2,1-5H3. The third kappa shape index (κ3) is 4.20. The Hall–Kier alpha value is -1.43. The highest BCUT2D eigenvalue weighted by Gasteiger charge is 2.51. The molecule has 2 fully saturated rings. The van der Waals surface area contributed by atoms with E-state index in [9.17, 15) is 4.79 Å². The van der Waals surface area contributed by atoms with Gasteiger partial charge < -0.3 is 9.57 Å². The fourth-order valence-electron chi connectivity index (χ4n) is 4.81. The van der Waals surface area contributed by atoms with E-state index in [-0.39, 0.29) is 5.97 Å². The minimum absolute atomic E-state index is 0.0810. The number of esters is 1. The summed E-state index contributed by atoms with van der Waals surface area (Å²) in [6.07, 6.45) is 4.85. The lowest BCUT2D eigenvalue weighted by Gasteiger charge is -2.46. The van der Waals surface area contributed by atoms with Crippen molar-refractivity contribution in [2.24, 2.45) is 0 Å². The summed E-state index contributed by atoms with van der Waals surface area (Å²) in [5.41, 5.74) is 4.91. The van der Waals surface area contributed by atoms with Crippen LogP contribution in [0.15, 0.2) is 12.1 Å². The molecule has 150 valence electrons. The zero-order chi connectivity index (χ0) is 19.6. The average molecular weight is 375 g/mol. The highest BCUT2D eigenvalue weighted by molar-refractivity contribution is 5.81. The molecule has 1 heterocycles. The Labute approximate surface area is 163 Å². The molecule has 1 aliphatic carbocycles. The minimum Gasteiger partial charge on any atom is -0.468 e. The normalized spacial score (nSPS) is 20.1. The highest BCUT2D eigenvalue weighted by atomic mass is 16.7. The van der Waals surface area contributed by atoms with Gasteiger partial charge >= 0.3 is 5.97 Å². The maximum Gasteiger partial charge on any atom is 0.326 e. The second-order valence-electron chi connectivity index (χ2n) is 8.19. The molecule has 1 saturated heterocycles. The number of ether oxygens (including phenoxy) is 1. The summed E-state index contributed by atoms with van der Waals surface area (Å²) in [5.74, 6) is -0.0810. The molecule has 1 aromatic rings. The van der Waals surface area contributed by atoms with Crippen molar-refractivity contribution < 1.29 is 14.4 Å². The van der Waals surface area contributed by atoms with Crippen molar-refractivity contribution in [2.75, 3.05) is 33.9 Å². The first-order valence-electron chi connectivity index (χ1n) is 10.1. The molecule has 0 amide bonds. The van der Waals surface area contributed by atoms with Gasteiger partial charge in [-0.05, 0) is 69.6 Å². The number of carbonyl (C=O) groups is 1. The van der Waals surface area contributed by atoms with Gasteiger partial charge in [-0.25, -0.2) is 0 Å². The number of hydrogen-bond donors (Lipinski definition) is 0. The highest BCUT2D eigenvalue weighted by Crippen LogP contribution is 2.39. The van der Waals surface area contributed by atoms with E-state index < -0.39 is 5.54 Å². The van der Waals surface area contributed by atoms with Crippen molar-refractivity contribution in [2.45, 2.75) is 64.5 Å². The monoisotopic (exact) mass is 374 g/mol. The molecule has 0 N–H and O–H groups in total. The van der Waals surface area contributed by atoms with Crippen molar-refractivity contribution in [3.63, 3.8) is 0 Å². The first kappa shape index (κ1) is 20.3. The first-order chi connectivity index (χ1) is 12.9. The fraction of sp³-hybridized carbons (Fsp3) is 0.682. The summed E-state index contributed by atoms with van der Waals surface area (Å²) < 4.78 is 5.30. The van der Waals surface area contributed by atoms with Crippen LogP contribution in [0.5, 0.6) is 0 Å². The lowest BCUT2D eigenvalue weighted by Crippen LogP contribution is -2.61. The second-order valence-corrected chi connectivity index (χ2v) is 8.19. The number of methoxy groups -OCH3 is 1. The smallest absolute Gasteiger partial charge is 0.326 e. The van der Waals surface area contributed by atoms with E-state index in [4.69, 9.17) is 9.57 Å². The SMILES string of the molecule is COC(=O)C1(N(CCc2c(C)cc(C)cc2C)C2CC2)CCN(OC)CC1. The van der Waals surface area contributed by atoms with Gasteiger partial charge in [0.15, 0.2) is 0 Å². The van der Waals surface area contributed by atoms with Crippen molar-refractivity contribution in [3.05, 3.63) is 34.4 Å². The molecule has 1 saturated carbocycles. The van der Waals surface area contributed by atoms with E-state index in [2.05, 4.69) is 37.8 Å². The van der Waals surface area contributed by atoms with Gasteiger partial charge in [0.05, 0.1) is 14.2 Å². The average Bonchev–Trinajstić information content (AvgIpc) is 3.48. The van der Waals surface area contributed by atoms with E-state index in [0.29, 0.717) is 6.04 Å². The number of hydroxylamine groups is 2. The Bertz CT molecular complexity index is 653. The van der Waals surface area contributed by atoms with Gasteiger partial charge in [-0.15, -0.1) is 0 Å². The van der Waals surface area contributed by atoms with E-state index in [1.807, 2.05) is 5.06 Å². The van der Waals surface area contributed by atoms with Crippen LogP contribution in [0.2, 0.25) is 0 Å². The van der Waals surface area contributed by atoms with E-state index in [1.54, 1.807) is 7.11 Å². The Morgan fingerprint density at radius 3 is 2.22 bits per heavy atom. The van der Waals surface area contributed by atoms with Crippen molar-refractivity contribution in [3.8, 4) is 0 Å². The number of aryl methyl sites for hydroxylation is 3. The lowest BCUT2D eigenvalue weighted by molar-refractivity contribution is -0.183. The van der Waals surface area contributed by atoms with Gasteiger partial charge in [-0.1, -0.05) is 17.7 Å². The number of nitrogens with zero attached hydrogens (tertiary/aromatic N) is 2. The molecule has 0 unspecified atom stereocenters. The van der Waals surface area contributed by atoms with Gasteiger partial charge in [0.25, 0.3) is 0 Å². The zero-order valence-corrected chi connectivity index (χ0v) is 17.5. The van der Waals surface area contributed by atoms with Crippen LogP contribution in [0.1, 0.15) is 47.9 Å². The summed E-state index contributed by atoms with van der Waals surface area (Å²) in [7, 11) is 3.22. The van der Waals surface area contributed by atoms with Gasteiger partial charge in [-0.3, -0.25) is 9.69 Å². The predicted molar refractivity (Wildman–Crippen MR) is 107 cm³/mol. The summed E-state index contributed by atoms with van der Waals surface area (Å²) >= 11 is 0. The number of benzene rings is 1. The van der Waals surface area contributed by atoms with Crippen LogP contribution in [-0.2, 0) is 20.8 Å². The zero-order valence-electron chi connectivity index (χ0n) is 17.5. The van der Waals surface area contributed by atoms with Gasteiger partial charge in [0.1, 0.15) is 5.54 Å². The molecule has 5 nitrogen and oxygen atoms in total. The molecule has 5 heteroatoms. The first-order valence-corrected chi connectivity index (χ1v) is 10.1. The van der Waals surface area contributed by atoms with E-state index >= 15 is 0 Å². The van der Waals surface area contributed by atoms with Crippen molar-refractivity contribution in [1.29, 1.82) is 0 Å². The van der Waals surface area contributed by atoms with Crippen molar-refractivity contribution >= 4 is 5.97 Å². The molecule has 2 aliphatic rings. The molecule has 27 heavy (non-hydrogen) atoms. The Kier molecular flexibility index (Phi) is 6.24. The van der Waals surface area contributed by atoms with Crippen LogP contribution in [0.4, 0.5) is 0 Å². The second kappa shape index (κ2) is 8.29. The lowest BCUT2D eigenvalue weighted by atomic mass is 9.85. The summed E-state index contributed by atoms with van der Waals surface area (Å²) in [4.78, 5) is 20.8. The number of carbonyl (C=O) groups excluding carboxylic acids is 1. The third-order valence-electron chi connectivity index (χ3n) is 6.35. The van der Waals surface area contributed by atoms with E-state index in [1.165, 1.54) is 42.2 Å². The molecular formula is C22H34N2O3. The van der Waals surface area contributed by atoms with Gasteiger partial charge in [0.2, 0.25) is 0 Å². The minimum atomic E-state index is -0.516. The molecule has 3 rings (SSSR count). The number of rotatable bonds is 7. The Balaban J connectivity index is 1.82. The van der Waals surface area contributed by atoms with Crippen molar-refractivity contribution in [1.82, 2.24) is 9.96 Å². The maximum atomic E-state index is 12.9. The van der Waals surface area contributed by atoms with Crippen LogP contribution in [0.25, 0.3) is 0 Å². The Morgan fingerprint density at radius 2 is 1.74 bits per heavy atom. The van der Waals surface area contributed by atoms with E-state index in [0.717, 1.165) is 38.9 Å². The van der Waals surface area contributed by atoms with Gasteiger partial charge in [0, 0.05) is 25.7 Å². The van der Waals surface area contributed by atoms with Crippen LogP contribution in [-0.4, -0.2) is 61.4 Å². The number of hydrogen-bond acceptors (Lipinski definition) is 5. The molecule has 0 aromatic heterocycles. The van der Waals surface area contributed by atoms with Crippen LogP contribution < -0.4 is 0 Å². The third-order valence-corrected chi connectivity index (χ3v) is 6.35. The molecule has 1 aliphatic heterocycles. The summed E-state index contributed by atoms with van der Waals surface area (Å²) in [6, 6.07) is 5.03. The molecule has 1 aromatic carbocycles. The molecule has 0 spiro atoms. The van der Waals surface area contributed by atoms with Crippen LogP contribution >= 0.6 is 0 Å². The maximum absolute atomic E-state index is 12.9. The Morgan fingerprint density at radius 1 is 1.15 bits per heavy atom. The molecule has 0 radical (unpaired) electrons. The summed E-state index contributed by atoms with van der Waals surface area (Å²) in [6.45, 7) is 8.97. The predicted octanol–water partition coefficient (Wildman–Crippen LogP) is 3.19. The molecule has 0 atom stereocenters. The summed E-state index contributed by atoms with van der Waals surface area (Å²) in [5, 5.41) is 1.94. The molecule has 0 bridgehead atoms.